The molecule has 33 heavy (non-hydrogen) atoms. The Kier molecular flexibility index (Phi) is 4.53. The van der Waals surface area contributed by atoms with Gasteiger partial charge in [-0.1, -0.05) is 60.1 Å². The van der Waals surface area contributed by atoms with Gasteiger partial charge in [0, 0.05) is 25.2 Å². The van der Waals surface area contributed by atoms with Gasteiger partial charge in [-0.15, -0.1) is 0 Å². The van der Waals surface area contributed by atoms with E-state index in [0.717, 1.165) is 22.3 Å². The zero-order valence-corrected chi connectivity index (χ0v) is 19.0. The quantitative estimate of drug-likeness (QED) is 0.425. The zero-order valence-electron chi connectivity index (χ0n) is 18.2. The van der Waals surface area contributed by atoms with Crippen molar-refractivity contribution in [3.63, 3.8) is 0 Å². The van der Waals surface area contributed by atoms with Gasteiger partial charge in [-0.05, 0) is 46.5 Å². The summed E-state index contributed by atoms with van der Waals surface area (Å²) >= 11 is 6.07. The lowest BCUT2D eigenvalue weighted by Gasteiger charge is -2.56. The van der Waals surface area contributed by atoms with Gasteiger partial charge >= 0.3 is 0 Å². The maximum atomic E-state index is 14.1. The van der Waals surface area contributed by atoms with E-state index in [-0.39, 0.29) is 17.7 Å². The van der Waals surface area contributed by atoms with Crippen LogP contribution < -0.4 is 4.90 Å². The molecule has 2 atom stereocenters. The monoisotopic (exact) mass is 459 g/mol. The summed E-state index contributed by atoms with van der Waals surface area (Å²) in [6.07, 6.45) is -0.754. The van der Waals surface area contributed by atoms with Crippen molar-refractivity contribution in [2.45, 2.75) is 17.6 Å². The molecule has 3 aromatic rings. The van der Waals surface area contributed by atoms with E-state index >= 15 is 0 Å². The lowest BCUT2D eigenvalue weighted by molar-refractivity contribution is -0.168. The number of amides is 2. The standard InChI is InChI=1S/C27H22ClNO4/c1-32-26(33-2)27-19-9-5-3-7-17(19)21(18-8-4-6-10-20(18)27)22-23(27)25(31)29(24(22)30)16-13-11-15(28)12-14-16/h3-14,21-23,26H,1-2H3. The topological polar surface area (TPSA) is 55.8 Å². The number of methoxy groups -OCH3 is 2. The lowest BCUT2D eigenvalue weighted by atomic mass is 9.47. The molecule has 1 aliphatic heterocycles. The molecule has 4 aliphatic rings. The number of anilines is 1. The summed E-state index contributed by atoms with van der Waals surface area (Å²) in [6.45, 7) is 0. The Hall–Kier alpha value is -2.99. The maximum Gasteiger partial charge on any atom is 0.239 e. The van der Waals surface area contributed by atoms with Crippen molar-refractivity contribution in [1.29, 1.82) is 0 Å². The van der Waals surface area contributed by atoms with E-state index in [9.17, 15) is 9.59 Å². The van der Waals surface area contributed by atoms with Crippen LogP contribution in [0.4, 0.5) is 5.69 Å². The minimum atomic E-state index is -0.954. The normalized spacial score (nSPS) is 27.0. The minimum absolute atomic E-state index is 0.198. The van der Waals surface area contributed by atoms with Crippen LogP contribution in [0.1, 0.15) is 28.2 Å². The molecule has 166 valence electrons. The molecule has 0 saturated carbocycles. The first-order chi connectivity index (χ1) is 16.1. The molecule has 6 heteroatoms. The van der Waals surface area contributed by atoms with Gasteiger partial charge in [0.15, 0.2) is 6.29 Å². The fraction of sp³-hybridized carbons (Fsp3) is 0.259. The van der Waals surface area contributed by atoms with Crippen LogP contribution in [0, 0.1) is 11.8 Å². The predicted molar refractivity (Wildman–Crippen MR) is 124 cm³/mol. The summed E-state index contributed by atoms with van der Waals surface area (Å²) in [5, 5.41) is 0.547. The van der Waals surface area contributed by atoms with E-state index in [1.54, 1.807) is 38.5 Å². The van der Waals surface area contributed by atoms with Crippen LogP contribution in [-0.4, -0.2) is 32.3 Å². The van der Waals surface area contributed by atoms with Crippen molar-refractivity contribution < 1.29 is 19.1 Å². The summed E-state index contributed by atoms with van der Waals surface area (Å²) in [7, 11) is 3.17. The minimum Gasteiger partial charge on any atom is -0.355 e. The fourth-order valence-corrected chi connectivity index (χ4v) is 6.67. The van der Waals surface area contributed by atoms with Gasteiger partial charge < -0.3 is 9.47 Å². The van der Waals surface area contributed by atoms with Crippen LogP contribution in [0.5, 0.6) is 0 Å². The van der Waals surface area contributed by atoms with Gasteiger partial charge in [0.2, 0.25) is 11.8 Å². The smallest absolute Gasteiger partial charge is 0.239 e. The van der Waals surface area contributed by atoms with Crippen LogP contribution in [0.25, 0.3) is 0 Å². The predicted octanol–water partition coefficient (Wildman–Crippen LogP) is 4.51. The van der Waals surface area contributed by atoms with Crippen molar-refractivity contribution in [2.75, 3.05) is 19.1 Å². The summed E-state index contributed by atoms with van der Waals surface area (Å²) in [5.74, 6) is -1.85. The highest BCUT2D eigenvalue weighted by molar-refractivity contribution is 6.31. The van der Waals surface area contributed by atoms with Crippen molar-refractivity contribution in [1.82, 2.24) is 0 Å². The molecule has 1 heterocycles. The SMILES string of the molecule is COC(OC)C12c3ccccc3C(c3ccccc31)C1C(=O)N(c3ccc(Cl)cc3)C(=O)C12. The molecule has 0 N–H and O–H groups in total. The fourth-order valence-electron chi connectivity index (χ4n) is 6.54. The molecule has 0 spiro atoms. The van der Waals surface area contributed by atoms with Gasteiger partial charge in [0.05, 0.1) is 22.9 Å². The molecule has 1 fully saturated rings. The molecule has 1 saturated heterocycles. The summed E-state index contributed by atoms with van der Waals surface area (Å²) < 4.78 is 11.8. The molecule has 0 radical (unpaired) electrons. The first-order valence-corrected chi connectivity index (χ1v) is 11.3. The highest BCUT2D eigenvalue weighted by atomic mass is 35.5. The first kappa shape index (κ1) is 20.6. The molecule has 2 amide bonds. The third kappa shape index (κ3) is 2.45. The number of imide groups is 1. The lowest BCUT2D eigenvalue weighted by Crippen LogP contribution is -2.60. The van der Waals surface area contributed by atoms with E-state index in [2.05, 4.69) is 12.1 Å². The van der Waals surface area contributed by atoms with E-state index in [1.165, 1.54) is 4.90 Å². The van der Waals surface area contributed by atoms with Gasteiger partial charge in [0.25, 0.3) is 0 Å². The molecule has 7 rings (SSSR count). The summed E-state index contributed by atoms with van der Waals surface area (Å²) in [4.78, 5) is 29.5. The number of halogens is 1. The van der Waals surface area contributed by atoms with Gasteiger partial charge in [-0.3, -0.25) is 9.59 Å². The molecular weight excluding hydrogens is 438 g/mol. The van der Waals surface area contributed by atoms with Gasteiger partial charge in [-0.2, -0.15) is 0 Å². The Morgan fingerprint density at radius 1 is 0.818 bits per heavy atom. The third-order valence-electron chi connectivity index (χ3n) is 7.57. The van der Waals surface area contributed by atoms with Crippen LogP contribution in [-0.2, 0) is 24.5 Å². The van der Waals surface area contributed by atoms with Crippen molar-refractivity contribution in [2.24, 2.45) is 11.8 Å². The zero-order chi connectivity index (χ0) is 22.9. The Morgan fingerprint density at radius 3 is 1.91 bits per heavy atom. The largest absolute Gasteiger partial charge is 0.355 e. The number of benzene rings is 3. The molecule has 3 aliphatic carbocycles. The van der Waals surface area contributed by atoms with Crippen LogP contribution in [0.2, 0.25) is 5.02 Å². The Balaban J connectivity index is 1.67. The second-order valence-electron chi connectivity index (χ2n) is 8.82. The number of hydrogen-bond acceptors (Lipinski definition) is 4. The van der Waals surface area contributed by atoms with E-state index < -0.39 is 23.5 Å². The molecule has 5 nitrogen and oxygen atoms in total. The Labute approximate surface area is 196 Å². The number of hydrogen-bond donors (Lipinski definition) is 0. The molecule has 3 aromatic carbocycles. The average molecular weight is 460 g/mol. The van der Waals surface area contributed by atoms with E-state index in [4.69, 9.17) is 21.1 Å². The van der Waals surface area contributed by atoms with Crippen molar-refractivity contribution in [3.8, 4) is 0 Å². The number of rotatable bonds is 4. The summed E-state index contributed by atoms with van der Waals surface area (Å²) in [6, 6.07) is 22.9. The molecule has 0 aromatic heterocycles. The highest BCUT2D eigenvalue weighted by Gasteiger charge is 2.71. The van der Waals surface area contributed by atoms with Crippen molar-refractivity contribution >= 4 is 29.1 Å². The van der Waals surface area contributed by atoms with E-state index in [1.807, 2.05) is 36.4 Å². The molecule has 2 unspecified atom stereocenters. The average Bonchev–Trinajstić information content (AvgIpc) is 3.12. The van der Waals surface area contributed by atoms with Crippen molar-refractivity contribution in [3.05, 3.63) is 100 Å². The first-order valence-electron chi connectivity index (χ1n) is 10.9. The summed E-state index contributed by atoms with van der Waals surface area (Å²) in [5.41, 5.74) is 3.65. The number of carbonyl (C=O) groups is 2. The number of carbonyl (C=O) groups excluding carboxylic acids is 2. The molecule has 2 bridgehead atoms. The van der Waals surface area contributed by atoms with Gasteiger partial charge in [-0.25, -0.2) is 4.90 Å². The second kappa shape index (κ2) is 7.26. The number of nitrogens with zero attached hydrogens (tertiary/aromatic N) is 1. The van der Waals surface area contributed by atoms with Crippen LogP contribution in [0.3, 0.4) is 0 Å². The second-order valence-corrected chi connectivity index (χ2v) is 9.25. The molecular formula is C27H22ClNO4. The van der Waals surface area contributed by atoms with Crippen LogP contribution in [0.15, 0.2) is 72.8 Å². The number of ether oxygens (including phenoxy) is 2. The Bertz CT molecular complexity index is 1240. The van der Waals surface area contributed by atoms with Gasteiger partial charge in [0.1, 0.15) is 0 Å². The Morgan fingerprint density at radius 2 is 1.36 bits per heavy atom. The van der Waals surface area contributed by atoms with E-state index in [0.29, 0.717) is 10.7 Å². The highest BCUT2D eigenvalue weighted by Crippen LogP contribution is 2.65. The third-order valence-corrected chi connectivity index (χ3v) is 7.82. The van der Waals surface area contributed by atoms with Crippen LogP contribution >= 0.6 is 11.6 Å². The maximum absolute atomic E-state index is 14.1.